The number of nitrogens with zero attached hydrogens (tertiary/aromatic N) is 5. The van der Waals surface area contributed by atoms with Crippen LogP contribution in [0.5, 0.6) is 0 Å². The maximum atomic E-state index is 13.7. The number of ether oxygens (including phenoxy) is 1. The number of rotatable bonds is 4. The zero-order chi connectivity index (χ0) is 34.5. The first-order chi connectivity index (χ1) is 21.8. The van der Waals surface area contributed by atoms with Gasteiger partial charge in [0.05, 0.1) is 46.4 Å². The number of halogens is 6. The van der Waals surface area contributed by atoms with Crippen LogP contribution in [0.1, 0.15) is 48.7 Å². The van der Waals surface area contributed by atoms with E-state index in [1.807, 2.05) is 4.90 Å². The summed E-state index contributed by atoms with van der Waals surface area (Å²) in [5, 5.41) is 15.3. The second-order valence-corrected chi connectivity index (χ2v) is 13.2. The Kier molecular flexibility index (Phi) is 9.14. The molecule has 1 N–H and O–H groups in total. The van der Waals surface area contributed by atoms with Gasteiger partial charge in [-0.1, -0.05) is 12.1 Å². The van der Waals surface area contributed by atoms with Crippen LogP contribution in [0.4, 0.5) is 31.1 Å². The minimum absolute atomic E-state index is 0.107. The first-order valence-corrected chi connectivity index (χ1v) is 15.3. The summed E-state index contributed by atoms with van der Waals surface area (Å²) in [6.45, 7) is 7.03. The van der Waals surface area contributed by atoms with Crippen LogP contribution in [0.25, 0.3) is 17.0 Å². The molecule has 252 valence electrons. The number of thioether (sulfide) groups is 1. The van der Waals surface area contributed by atoms with Crippen molar-refractivity contribution in [1.29, 1.82) is 0 Å². The van der Waals surface area contributed by atoms with Crippen LogP contribution in [0.2, 0.25) is 0 Å². The van der Waals surface area contributed by atoms with Crippen LogP contribution in [0.15, 0.2) is 46.3 Å². The second-order valence-electron chi connectivity index (χ2n) is 12.2. The van der Waals surface area contributed by atoms with E-state index in [9.17, 15) is 41.0 Å². The fourth-order valence-corrected chi connectivity index (χ4v) is 6.26. The van der Waals surface area contributed by atoms with Crippen molar-refractivity contribution in [3.05, 3.63) is 69.3 Å². The lowest BCUT2D eigenvalue weighted by Gasteiger charge is -2.41. The van der Waals surface area contributed by atoms with Gasteiger partial charge >= 0.3 is 18.4 Å². The molecule has 0 spiro atoms. The third-order valence-corrected chi connectivity index (χ3v) is 8.57. The van der Waals surface area contributed by atoms with Crippen molar-refractivity contribution in [2.75, 3.05) is 26.2 Å². The standard InChI is InChI=1S/C31H31F6N5O4S/c1-17-22-11-18(5-8-24(22)42(39-17)14-19-6-7-20(30(32,33)34)13-23(19)31(35,36)37)12-25-26(44)38-27(47-25)40-9-10-41(21(15-40)16-43)28(45)46-29(2,3)4/h5-8,11-13,21,43H,9-10,14-16H2,1-4H3/b25-12-/t21-/m1/s1. The van der Waals surface area contributed by atoms with Crippen molar-refractivity contribution in [3.8, 4) is 0 Å². The number of amidine groups is 1. The van der Waals surface area contributed by atoms with Gasteiger partial charge in [-0.15, -0.1) is 0 Å². The van der Waals surface area contributed by atoms with Crippen molar-refractivity contribution < 1.29 is 45.8 Å². The third kappa shape index (κ3) is 7.59. The first kappa shape index (κ1) is 34.3. The summed E-state index contributed by atoms with van der Waals surface area (Å²) in [5.74, 6) is -0.477. The van der Waals surface area contributed by atoms with E-state index in [-0.39, 0.29) is 31.3 Å². The summed E-state index contributed by atoms with van der Waals surface area (Å²) in [6, 6.07) is 5.95. The number of benzene rings is 2. The molecule has 1 atom stereocenters. The minimum atomic E-state index is -5.01. The summed E-state index contributed by atoms with van der Waals surface area (Å²) in [6.07, 6.45) is -8.85. The van der Waals surface area contributed by atoms with Gasteiger partial charge in [-0.25, -0.2) is 4.79 Å². The number of hydrogen-bond donors (Lipinski definition) is 1. The lowest BCUT2D eigenvalue weighted by Crippen LogP contribution is -2.58. The highest BCUT2D eigenvalue weighted by Gasteiger charge is 2.39. The van der Waals surface area contributed by atoms with Crippen LogP contribution in [-0.4, -0.2) is 79.7 Å². The lowest BCUT2D eigenvalue weighted by atomic mass is 10.0. The number of amides is 2. The lowest BCUT2D eigenvalue weighted by molar-refractivity contribution is -0.143. The molecule has 47 heavy (non-hydrogen) atoms. The third-order valence-electron chi connectivity index (χ3n) is 7.52. The molecular formula is C31H31F6N5O4S. The quantitative estimate of drug-likeness (QED) is 0.254. The number of hydrogen-bond acceptors (Lipinski definition) is 7. The minimum Gasteiger partial charge on any atom is -0.444 e. The molecule has 0 bridgehead atoms. The van der Waals surface area contributed by atoms with E-state index in [1.165, 1.54) is 9.58 Å². The second kappa shape index (κ2) is 12.5. The molecule has 0 radical (unpaired) electrons. The molecule has 5 rings (SSSR count). The molecule has 0 unspecified atom stereocenters. The van der Waals surface area contributed by atoms with Crippen molar-refractivity contribution in [3.63, 3.8) is 0 Å². The van der Waals surface area contributed by atoms with Crippen LogP contribution in [0.3, 0.4) is 0 Å². The number of fused-ring (bicyclic) bond motifs is 1. The monoisotopic (exact) mass is 683 g/mol. The number of aliphatic hydroxyl groups is 1. The summed E-state index contributed by atoms with van der Waals surface area (Å²) in [4.78, 5) is 33.2. The number of aliphatic hydroxyl groups excluding tert-OH is 1. The average Bonchev–Trinajstić information content (AvgIpc) is 3.49. The summed E-state index contributed by atoms with van der Waals surface area (Å²) in [7, 11) is 0. The molecule has 2 aliphatic rings. The molecule has 1 aromatic heterocycles. The molecule has 0 aliphatic carbocycles. The number of aromatic nitrogens is 2. The van der Waals surface area contributed by atoms with Crippen molar-refractivity contribution in [2.24, 2.45) is 4.99 Å². The van der Waals surface area contributed by atoms with E-state index in [1.54, 1.807) is 52.0 Å². The number of carbonyl (C=O) groups is 2. The van der Waals surface area contributed by atoms with E-state index >= 15 is 0 Å². The van der Waals surface area contributed by atoms with Crippen LogP contribution < -0.4 is 0 Å². The highest BCUT2D eigenvalue weighted by Crippen LogP contribution is 2.38. The maximum absolute atomic E-state index is 13.7. The molecule has 16 heteroatoms. The first-order valence-electron chi connectivity index (χ1n) is 14.5. The van der Waals surface area contributed by atoms with Gasteiger partial charge < -0.3 is 14.7 Å². The molecule has 2 aliphatic heterocycles. The van der Waals surface area contributed by atoms with Gasteiger partial charge in [0.15, 0.2) is 5.17 Å². The fraction of sp³-hybridized carbons (Fsp3) is 0.419. The summed E-state index contributed by atoms with van der Waals surface area (Å²) in [5.41, 5.74) is -2.32. The van der Waals surface area contributed by atoms with Crippen molar-refractivity contribution >= 4 is 45.9 Å². The van der Waals surface area contributed by atoms with Crippen LogP contribution in [0, 0.1) is 6.92 Å². The van der Waals surface area contributed by atoms with Gasteiger partial charge in [0.2, 0.25) is 0 Å². The molecule has 9 nitrogen and oxygen atoms in total. The summed E-state index contributed by atoms with van der Waals surface area (Å²) < 4.78 is 87.3. The largest absolute Gasteiger partial charge is 0.444 e. The van der Waals surface area contributed by atoms with Gasteiger partial charge in [-0.2, -0.15) is 36.4 Å². The van der Waals surface area contributed by atoms with E-state index in [0.717, 1.165) is 17.8 Å². The predicted molar refractivity (Wildman–Crippen MR) is 163 cm³/mol. The fourth-order valence-electron chi connectivity index (χ4n) is 5.31. The van der Waals surface area contributed by atoms with Crippen LogP contribution in [-0.2, 0) is 28.4 Å². The number of carbonyl (C=O) groups excluding carboxylic acids is 2. The SMILES string of the molecule is Cc1nn(Cc2ccc(C(F)(F)F)cc2C(F)(F)F)c2ccc(/C=C3\SC(N4CCN(C(=O)OC(C)(C)C)[C@@H](CO)C4)=NC3=O)cc12. The molecule has 2 amide bonds. The smallest absolute Gasteiger partial charge is 0.416 e. The highest BCUT2D eigenvalue weighted by atomic mass is 32.2. The molecule has 0 saturated carbocycles. The highest BCUT2D eigenvalue weighted by molar-refractivity contribution is 8.18. The Morgan fingerprint density at radius 3 is 2.43 bits per heavy atom. The van der Waals surface area contributed by atoms with Crippen molar-refractivity contribution in [2.45, 2.75) is 58.2 Å². The number of alkyl halides is 6. The number of aryl methyl sites for hydroxylation is 1. The van der Waals surface area contributed by atoms with E-state index in [2.05, 4.69) is 10.1 Å². The van der Waals surface area contributed by atoms with E-state index in [4.69, 9.17) is 4.74 Å². The number of aliphatic imine (C=N–C) groups is 1. The van der Waals surface area contributed by atoms with E-state index < -0.39 is 53.7 Å². The van der Waals surface area contributed by atoms with Crippen molar-refractivity contribution in [1.82, 2.24) is 19.6 Å². The maximum Gasteiger partial charge on any atom is 0.416 e. The summed E-state index contributed by atoms with van der Waals surface area (Å²) >= 11 is 1.14. The molecule has 2 aromatic carbocycles. The van der Waals surface area contributed by atoms with Gasteiger partial charge in [0.25, 0.3) is 5.91 Å². The molecule has 1 saturated heterocycles. The predicted octanol–water partition coefficient (Wildman–Crippen LogP) is 6.31. The Morgan fingerprint density at radius 2 is 1.79 bits per heavy atom. The normalized spacial score (nSPS) is 18.8. The Labute approximate surface area is 269 Å². The Balaban J connectivity index is 1.33. The molecular weight excluding hydrogens is 652 g/mol. The van der Waals surface area contributed by atoms with Gasteiger partial charge in [-0.05, 0) is 80.9 Å². The zero-order valence-corrected chi connectivity index (χ0v) is 26.6. The Hall–Kier alpha value is -4.05. The molecule has 3 heterocycles. The molecule has 1 fully saturated rings. The van der Waals surface area contributed by atoms with Gasteiger partial charge in [-0.3, -0.25) is 14.4 Å². The van der Waals surface area contributed by atoms with Crippen LogP contribution >= 0.6 is 11.8 Å². The van der Waals surface area contributed by atoms with E-state index in [0.29, 0.717) is 44.8 Å². The molecule has 3 aromatic rings. The zero-order valence-electron chi connectivity index (χ0n) is 25.7. The topological polar surface area (TPSA) is 100 Å². The number of piperazine rings is 1. The average molecular weight is 684 g/mol. The van der Waals surface area contributed by atoms with Gasteiger partial charge in [0.1, 0.15) is 5.60 Å². The Bertz CT molecular complexity index is 1780. The Morgan fingerprint density at radius 1 is 1.06 bits per heavy atom. The van der Waals surface area contributed by atoms with Gasteiger partial charge in [0, 0.05) is 25.0 Å².